The molecule has 0 spiro atoms. The number of aryl methyl sites for hydroxylation is 1. The van der Waals surface area contributed by atoms with Gasteiger partial charge in [0.25, 0.3) is 11.8 Å². The van der Waals surface area contributed by atoms with Crippen LogP contribution in [0.3, 0.4) is 0 Å². The average molecular weight is 932 g/mol. The van der Waals surface area contributed by atoms with Crippen molar-refractivity contribution in [2.75, 3.05) is 61.3 Å². The Morgan fingerprint density at radius 1 is 0.696 bits per heavy atom. The van der Waals surface area contributed by atoms with Crippen LogP contribution in [0.5, 0.6) is 17.2 Å². The van der Waals surface area contributed by atoms with Crippen molar-refractivity contribution in [1.82, 2.24) is 0 Å². The van der Waals surface area contributed by atoms with Crippen molar-refractivity contribution in [2.24, 2.45) is 15.9 Å². The number of carbonyl (C=O) groups excluding carboxylic acids is 3. The fourth-order valence-corrected chi connectivity index (χ4v) is 9.55. The van der Waals surface area contributed by atoms with Crippen molar-refractivity contribution in [1.29, 1.82) is 0 Å². The van der Waals surface area contributed by atoms with Gasteiger partial charge < -0.3 is 28.6 Å². The lowest BCUT2D eigenvalue weighted by molar-refractivity contribution is -0.121. The molecule has 4 heterocycles. The lowest BCUT2D eigenvalue weighted by atomic mass is 10.0. The number of anilines is 3. The molecule has 13 heteroatoms. The van der Waals surface area contributed by atoms with Gasteiger partial charge in [0.1, 0.15) is 24.7 Å². The smallest absolute Gasteiger partial charge is 0.261 e. The molecule has 0 fully saturated rings. The van der Waals surface area contributed by atoms with E-state index < -0.39 is 0 Å². The van der Waals surface area contributed by atoms with E-state index in [-0.39, 0.29) is 48.8 Å². The van der Waals surface area contributed by atoms with E-state index >= 15 is 0 Å². The predicted molar refractivity (Wildman–Crippen MR) is 270 cm³/mol. The Bertz CT molecular complexity index is 2790. The summed E-state index contributed by atoms with van der Waals surface area (Å²) in [5, 5.41) is 0. The molecule has 4 aliphatic rings. The van der Waals surface area contributed by atoms with Gasteiger partial charge in [0.15, 0.2) is 11.5 Å². The Labute approximate surface area is 404 Å². The summed E-state index contributed by atoms with van der Waals surface area (Å²) < 4.78 is 30.7. The van der Waals surface area contributed by atoms with Crippen LogP contribution in [0.1, 0.15) is 88.6 Å². The van der Waals surface area contributed by atoms with Crippen molar-refractivity contribution >= 4 is 58.5 Å². The molecule has 0 aromatic heterocycles. The van der Waals surface area contributed by atoms with Gasteiger partial charge in [0, 0.05) is 86.5 Å². The number of aliphatic imine (C=N–C) groups is 2. The number of hydrogen-bond acceptors (Lipinski definition) is 11. The van der Waals surface area contributed by atoms with E-state index in [1.807, 2.05) is 91.5 Å². The van der Waals surface area contributed by atoms with Crippen LogP contribution in [0.25, 0.3) is 0 Å². The molecule has 358 valence electrons. The number of carbonyl (C=O) groups is 3. The summed E-state index contributed by atoms with van der Waals surface area (Å²) in [6, 6.07) is 29.2. The van der Waals surface area contributed by atoms with Crippen molar-refractivity contribution < 1.29 is 38.1 Å². The molecule has 0 radical (unpaired) electrons. The maximum atomic E-state index is 14.1. The molecule has 0 unspecified atom stereocenters. The van der Waals surface area contributed by atoms with Crippen molar-refractivity contribution in [3.63, 3.8) is 0 Å². The third-order valence-electron chi connectivity index (χ3n) is 13.2. The molecular formula is C56H61N5O8. The first-order valence-corrected chi connectivity index (χ1v) is 24.2. The van der Waals surface area contributed by atoms with Crippen LogP contribution in [0, 0.1) is 12.8 Å². The molecule has 0 saturated heterocycles. The predicted octanol–water partition coefficient (Wildman–Crippen LogP) is 9.99. The van der Waals surface area contributed by atoms with Gasteiger partial charge in [-0.25, -0.2) is 0 Å². The first-order chi connectivity index (χ1) is 33.6. The molecule has 2 atom stereocenters. The number of Topliss-reactive ketones (excluding diaryl/α,β-unsaturated/α-hetero) is 1. The van der Waals surface area contributed by atoms with E-state index in [1.165, 1.54) is 0 Å². The zero-order valence-corrected chi connectivity index (χ0v) is 40.2. The van der Waals surface area contributed by atoms with Gasteiger partial charge in [-0.15, -0.1) is 0 Å². The highest BCUT2D eigenvalue weighted by atomic mass is 16.5. The van der Waals surface area contributed by atoms with Crippen molar-refractivity contribution in [2.45, 2.75) is 85.1 Å². The molecule has 0 saturated carbocycles. The van der Waals surface area contributed by atoms with Crippen molar-refractivity contribution in [3.8, 4) is 17.2 Å². The van der Waals surface area contributed by atoms with Gasteiger partial charge in [-0.05, 0) is 90.0 Å². The normalized spacial score (nSPS) is 16.3. The lowest BCUT2D eigenvalue weighted by Gasteiger charge is -2.26. The van der Waals surface area contributed by atoms with Crippen LogP contribution in [0.2, 0.25) is 0 Å². The Hall–Kier alpha value is -6.83. The number of rotatable bonds is 21. The standard InChI is InChI=1S/C56H61N5O8/c1-6-19-66-21-22-67-20-18-59(17-11-16-51(62)36(2)3)42-25-38(34-68-52-30-47-45(23-37(52)4)55(63)60-43(32-57-47)27-40-12-7-9-14-49(40)60)24-39(26-42)35-69-54-31-48-46(29-53(54)65-5)56(64)61-44(33-58-48)28-41-13-8-10-15-50(41)61/h7-10,12-15,23-26,29-33,36,43-44H,6,11,16-22,27-28,34-35H2,1-5H3/t43-,44-/m0/s1. The van der Waals surface area contributed by atoms with Gasteiger partial charge in [0.2, 0.25) is 0 Å². The second kappa shape index (κ2) is 21.2. The maximum Gasteiger partial charge on any atom is 0.261 e. The Morgan fingerprint density at radius 3 is 1.86 bits per heavy atom. The molecular weight excluding hydrogens is 871 g/mol. The molecule has 2 amide bonds. The van der Waals surface area contributed by atoms with E-state index in [0.717, 1.165) is 57.7 Å². The third kappa shape index (κ3) is 10.3. The SMILES string of the molecule is CCCOCCOCCN(CCCC(=O)C(C)C)c1cc(COc2cc3c(cc2C)C(=O)N2c4ccccc4C[C@H]2C=N3)cc(COc2cc3c(cc2OC)C(=O)N2c4ccccc4C[C@H]2C=N3)c1. The number of amides is 2. The maximum absolute atomic E-state index is 14.1. The van der Waals surface area contributed by atoms with Gasteiger partial charge in [-0.2, -0.15) is 0 Å². The number of methoxy groups -OCH3 is 1. The van der Waals surface area contributed by atoms with Crippen LogP contribution in [0.4, 0.5) is 28.4 Å². The van der Waals surface area contributed by atoms with E-state index in [9.17, 15) is 14.4 Å². The molecule has 4 aliphatic heterocycles. The van der Waals surface area contributed by atoms with Crippen LogP contribution in [-0.2, 0) is 40.3 Å². The summed E-state index contributed by atoms with van der Waals surface area (Å²) in [4.78, 5) is 56.5. The second-order valence-corrected chi connectivity index (χ2v) is 18.4. The summed E-state index contributed by atoms with van der Waals surface area (Å²) in [7, 11) is 1.57. The highest BCUT2D eigenvalue weighted by Crippen LogP contribution is 2.42. The van der Waals surface area contributed by atoms with Crippen LogP contribution in [-0.4, -0.2) is 88.7 Å². The average Bonchev–Trinajstić information content (AvgIpc) is 3.85. The van der Waals surface area contributed by atoms with Crippen LogP contribution in [0.15, 0.2) is 101 Å². The molecule has 9 rings (SSSR count). The Kier molecular flexibility index (Phi) is 14.5. The molecule has 0 aliphatic carbocycles. The number of benzene rings is 5. The molecule has 69 heavy (non-hydrogen) atoms. The van der Waals surface area contributed by atoms with Gasteiger partial charge >= 0.3 is 0 Å². The minimum atomic E-state index is -0.187. The van der Waals surface area contributed by atoms with Gasteiger partial charge in [0.05, 0.1) is 61.5 Å². The minimum absolute atomic E-state index is 0.0362. The monoisotopic (exact) mass is 931 g/mol. The molecule has 5 aromatic rings. The number of fused-ring (bicyclic) bond motifs is 8. The van der Waals surface area contributed by atoms with Crippen LogP contribution >= 0.6 is 0 Å². The van der Waals surface area contributed by atoms with Crippen molar-refractivity contribution in [3.05, 3.63) is 130 Å². The zero-order chi connectivity index (χ0) is 48.0. The molecule has 5 aromatic carbocycles. The fraction of sp³-hybridized carbons (Fsp3) is 0.375. The summed E-state index contributed by atoms with van der Waals surface area (Å²) in [5.41, 5.74) is 9.64. The summed E-state index contributed by atoms with van der Waals surface area (Å²) in [5.74, 6) is 1.48. The molecule has 0 bridgehead atoms. The number of ether oxygens (including phenoxy) is 5. The van der Waals surface area contributed by atoms with Crippen LogP contribution < -0.4 is 28.9 Å². The minimum Gasteiger partial charge on any atom is -0.493 e. The second-order valence-electron chi connectivity index (χ2n) is 18.4. The first kappa shape index (κ1) is 47.2. The third-order valence-corrected chi connectivity index (χ3v) is 13.2. The topological polar surface area (TPSA) is 132 Å². The quantitative estimate of drug-likeness (QED) is 0.0660. The fourth-order valence-electron chi connectivity index (χ4n) is 9.55. The first-order valence-electron chi connectivity index (χ1n) is 24.2. The summed E-state index contributed by atoms with van der Waals surface area (Å²) in [6.07, 6.45) is 7.23. The Morgan fingerprint density at radius 2 is 1.26 bits per heavy atom. The number of hydrogen-bond donors (Lipinski definition) is 0. The largest absolute Gasteiger partial charge is 0.493 e. The number of para-hydroxylation sites is 2. The highest BCUT2D eigenvalue weighted by Gasteiger charge is 2.38. The van der Waals surface area contributed by atoms with E-state index in [1.54, 1.807) is 19.2 Å². The van der Waals surface area contributed by atoms with Gasteiger partial charge in [-0.1, -0.05) is 57.2 Å². The summed E-state index contributed by atoms with van der Waals surface area (Å²) in [6.45, 7) is 11.7. The van der Waals surface area contributed by atoms with E-state index in [2.05, 4.69) is 42.2 Å². The number of ketones is 1. The lowest BCUT2D eigenvalue weighted by Crippen LogP contribution is -2.37. The van der Waals surface area contributed by atoms with E-state index in [0.29, 0.717) is 98.5 Å². The van der Waals surface area contributed by atoms with E-state index in [4.69, 9.17) is 33.7 Å². The highest BCUT2D eigenvalue weighted by molar-refractivity contribution is 6.15. The molecule has 0 N–H and O–H groups in total. The number of nitrogens with zero attached hydrogens (tertiary/aromatic N) is 5. The molecule has 13 nitrogen and oxygen atoms in total. The summed E-state index contributed by atoms with van der Waals surface area (Å²) >= 11 is 0. The Balaban J connectivity index is 0.989. The van der Waals surface area contributed by atoms with Gasteiger partial charge in [-0.3, -0.25) is 34.2 Å². The zero-order valence-electron chi connectivity index (χ0n) is 40.2.